The first kappa shape index (κ1) is 56.2. The lowest BCUT2D eigenvalue weighted by Gasteiger charge is -2.28. The Morgan fingerprint density at radius 3 is 1.47 bits per heavy atom. The molecule has 0 aliphatic heterocycles. The third-order valence-electron chi connectivity index (χ3n) is 10.2. The van der Waals surface area contributed by atoms with Crippen LogP contribution in [0.3, 0.4) is 0 Å². The van der Waals surface area contributed by atoms with E-state index in [4.69, 9.17) is 18.5 Å². The van der Waals surface area contributed by atoms with Gasteiger partial charge in [0.1, 0.15) is 19.8 Å². The van der Waals surface area contributed by atoms with Crippen LogP contribution in [-0.2, 0) is 32.7 Å². The molecular formula is C48H90NO8P. The Kier molecular flexibility index (Phi) is 39.4. The molecule has 0 fully saturated rings. The number of unbranched alkanes of at least 4 members (excludes halogenated alkanes) is 23. The van der Waals surface area contributed by atoms with Gasteiger partial charge in [0.2, 0.25) is 0 Å². The number of likely N-dealkylation sites (N-methyl/N-ethyl adjacent to an activating group) is 1. The van der Waals surface area contributed by atoms with Gasteiger partial charge in [-0.25, -0.2) is 0 Å². The number of carbonyl (C=O) groups is 2. The molecule has 0 aromatic heterocycles. The molecule has 0 rings (SSSR count). The van der Waals surface area contributed by atoms with E-state index < -0.39 is 26.5 Å². The van der Waals surface area contributed by atoms with Crippen molar-refractivity contribution in [2.45, 2.75) is 213 Å². The fourth-order valence-electron chi connectivity index (χ4n) is 6.49. The second-order valence-electron chi connectivity index (χ2n) is 17.1. The minimum Gasteiger partial charge on any atom is -0.756 e. The number of hydrogen-bond acceptors (Lipinski definition) is 8. The van der Waals surface area contributed by atoms with Gasteiger partial charge >= 0.3 is 11.9 Å². The number of quaternary nitrogens is 1. The topological polar surface area (TPSA) is 111 Å². The van der Waals surface area contributed by atoms with Crippen molar-refractivity contribution in [1.29, 1.82) is 0 Å². The van der Waals surface area contributed by atoms with Crippen molar-refractivity contribution in [2.75, 3.05) is 47.5 Å². The van der Waals surface area contributed by atoms with Crippen LogP contribution in [0.15, 0.2) is 36.5 Å². The number of esters is 2. The number of phosphoric acid groups is 1. The summed E-state index contributed by atoms with van der Waals surface area (Å²) >= 11 is 0. The van der Waals surface area contributed by atoms with Crippen LogP contribution in [0.4, 0.5) is 0 Å². The van der Waals surface area contributed by atoms with E-state index in [9.17, 15) is 19.0 Å². The van der Waals surface area contributed by atoms with Crippen molar-refractivity contribution < 1.29 is 42.1 Å². The molecule has 0 aromatic carbocycles. The van der Waals surface area contributed by atoms with Crippen LogP contribution < -0.4 is 4.89 Å². The van der Waals surface area contributed by atoms with Crippen LogP contribution in [0.1, 0.15) is 206 Å². The molecule has 0 aromatic rings. The summed E-state index contributed by atoms with van der Waals surface area (Å²) in [5, 5.41) is 0. The molecule has 0 aliphatic rings. The molecule has 340 valence electrons. The lowest BCUT2D eigenvalue weighted by Crippen LogP contribution is -2.37. The maximum absolute atomic E-state index is 12.7. The molecule has 58 heavy (non-hydrogen) atoms. The van der Waals surface area contributed by atoms with Crippen LogP contribution in [-0.4, -0.2) is 70.0 Å². The number of allylic oxidation sites excluding steroid dienone is 6. The lowest BCUT2D eigenvalue weighted by atomic mass is 10.0. The first-order valence-corrected chi connectivity index (χ1v) is 25.2. The highest BCUT2D eigenvalue weighted by atomic mass is 31.2. The molecule has 0 radical (unpaired) electrons. The summed E-state index contributed by atoms with van der Waals surface area (Å²) in [6.45, 7) is 4.12. The zero-order chi connectivity index (χ0) is 42.8. The van der Waals surface area contributed by atoms with E-state index >= 15 is 0 Å². The molecule has 0 aliphatic carbocycles. The van der Waals surface area contributed by atoms with Gasteiger partial charge in [0, 0.05) is 12.8 Å². The number of rotatable bonds is 43. The van der Waals surface area contributed by atoms with Gasteiger partial charge in [-0.15, -0.1) is 0 Å². The van der Waals surface area contributed by atoms with Gasteiger partial charge in [0.15, 0.2) is 6.10 Å². The van der Waals surface area contributed by atoms with Gasteiger partial charge in [0.25, 0.3) is 7.82 Å². The summed E-state index contributed by atoms with van der Waals surface area (Å²) in [6.07, 6.45) is 46.0. The average Bonchev–Trinajstić information content (AvgIpc) is 3.17. The number of carbonyl (C=O) groups excluding carboxylic acids is 2. The maximum Gasteiger partial charge on any atom is 0.306 e. The van der Waals surface area contributed by atoms with Gasteiger partial charge in [-0.05, 0) is 44.9 Å². The Morgan fingerprint density at radius 2 is 0.983 bits per heavy atom. The lowest BCUT2D eigenvalue weighted by molar-refractivity contribution is -0.870. The smallest absolute Gasteiger partial charge is 0.306 e. The van der Waals surface area contributed by atoms with Gasteiger partial charge in [-0.3, -0.25) is 14.2 Å². The van der Waals surface area contributed by atoms with E-state index in [1.165, 1.54) is 103 Å². The predicted octanol–water partition coefficient (Wildman–Crippen LogP) is 13.1. The van der Waals surface area contributed by atoms with Crippen LogP contribution in [0, 0.1) is 0 Å². The Morgan fingerprint density at radius 1 is 0.552 bits per heavy atom. The van der Waals surface area contributed by atoms with Gasteiger partial charge in [-0.1, -0.05) is 185 Å². The predicted molar refractivity (Wildman–Crippen MR) is 241 cm³/mol. The molecule has 0 amide bonds. The Labute approximate surface area is 357 Å². The van der Waals surface area contributed by atoms with Gasteiger partial charge in [0.05, 0.1) is 27.7 Å². The monoisotopic (exact) mass is 840 g/mol. The molecule has 10 heteroatoms. The van der Waals surface area contributed by atoms with Crippen molar-refractivity contribution >= 4 is 19.8 Å². The standard InChI is InChI=1S/C48H90NO8P/c1-6-8-10-12-14-16-18-20-22-23-24-25-27-28-30-32-34-36-38-40-47(50)54-44-46(45-56-58(52,53)55-43-42-49(3,4)5)57-48(51)41-39-37-35-33-31-29-26-21-19-17-15-13-11-9-7-2/h9,11,15,17,21,26,46H,6-8,10,12-14,16,18-20,22-25,27-45H2,1-5H3/b11-9-,17-15-,26-21-/t46-/m1/s1. The third-order valence-corrected chi connectivity index (χ3v) is 11.1. The zero-order valence-electron chi connectivity index (χ0n) is 38.2. The highest BCUT2D eigenvalue weighted by Gasteiger charge is 2.21. The van der Waals surface area contributed by atoms with Crippen molar-refractivity contribution in [2.24, 2.45) is 0 Å². The molecule has 1 unspecified atom stereocenters. The molecule has 9 nitrogen and oxygen atoms in total. The Bertz CT molecular complexity index is 1090. The molecule has 0 saturated heterocycles. The minimum atomic E-state index is -4.63. The van der Waals surface area contributed by atoms with Crippen LogP contribution >= 0.6 is 7.82 Å². The molecular weight excluding hydrogens is 750 g/mol. The summed E-state index contributed by atoms with van der Waals surface area (Å²) in [4.78, 5) is 37.6. The summed E-state index contributed by atoms with van der Waals surface area (Å²) in [7, 11) is 1.16. The SMILES string of the molecule is CC/C=C\C/C=C\C/C=C\CCCCCCCC(=O)O[C@H](COC(=O)CCCCCCCCCCCCCCCCCCCCC)COP(=O)([O-])OCC[N+](C)(C)C. The highest BCUT2D eigenvalue weighted by Crippen LogP contribution is 2.38. The largest absolute Gasteiger partial charge is 0.756 e. The second kappa shape index (κ2) is 40.6. The Hall–Kier alpha value is -1.77. The average molecular weight is 840 g/mol. The second-order valence-corrected chi connectivity index (χ2v) is 18.5. The third kappa shape index (κ3) is 43.8. The number of hydrogen-bond donors (Lipinski definition) is 0. The van der Waals surface area contributed by atoms with Crippen LogP contribution in [0.25, 0.3) is 0 Å². The fourth-order valence-corrected chi connectivity index (χ4v) is 7.22. The summed E-state index contributed by atoms with van der Waals surface area (Å²) in [5.74, 6) is -0.847. The van der Waals surface area contributed by atoms with Gasteiger partial charge < -0.3 is 27.9 Å². The van der Waals surface area contributed by atoms with E-state index in [0.29, 0.717) is 17.4 Å². The van der Waals surface area contributed by atoms with Gasteiger partial charge in [-0.2, -0.15) is 0 Å². The summed E-state index contributed by atoms with van der Waals surface area (Å²) in [5.41, 5.74) is 0. The molecule has 0 bridgehead atoms. The molecule has 0 heterocycles. The van der Waals surface area contributed by atoms with E-state index in [0.717, 1.165) is 70.6 Å². The maximum atomic E-state index is 12.7. The number of nitrogens with zero attached hydrogens (tertiary/aromatic N) is 1. The van der Waals surface area contributed by atoms with E-state index in [-0.39, 0.29) is 32.0 Å². The fraction of sp³-hybridized carbons (Fsp3) is 0.833. The number of phosphoric ester groups is 1. The number of ether oxygens (including phenoxy) is 2. The highest BCUT2D eigenvalue weighted by molar-refractivity contribution is 7.45. The normalized spacial score (nSPS) is 13.8. The van der Waals surface area contributed by atoms with Crippen LogP contribution in [0.5, 0.6) is 0 Å². The summed E-state index contributed by atoms with van der Waals surface area (Å²) in [6, 6.07) is 0. The minimum absolute atomic E-state index is 0.0337. The first-order valence-electron chi connectivity index (χ1n) is 23.7. The Balaban J connectivity index is 4.28. The van der Waals surface area contributed by atoms with Crippen molar-refractivity contribution in [1.82, 2.24) is 0 Å². The molecule has 0 saturated carbocycles. The summed E-state index contributed by atoms with van der Waals surface area (Å²) < 4.78 is 33.9. The molecule has 0 spiro atoms. The molecule has 2 atom stereocenters. The quantitative estimate of drug-likeness (QED) is 0.0196. The van der Waals surface area contributed by atoms with E-state index in [1.807, 2.05) is 21.1 Å². The van der Waals surface area contributed by atoms with E-state index in [1.54, 1.807) is 0 Å². The van der Waals surface area contributed by atoms with Crippen molar-refractivity contribution in [3.05, 3.63) is 36.5 Å². The molecule has 0 N–H and O–H groups in total. The first-order chi connectivity index (χ1) is 28.0. The zero-order valence-corrected chi connectivity index (χ0v) is 39.1. The van der Waals surface area contributed by atoms with E-state index in [2.05, 4.69) is 50.3 Å². The van der Waals surface area contributed by atoms with Crippen LogP contribution in [0.2, 0.25) is 0 Å². The van der Waals surface area contributed by atoms with Crippen molar-refractivity contribution in [3.8, 4) is 0 Å². The van der Waals surface area contributed by atoms with Crippen molar-refractivity contribution in [3.63, 3.8) is 0 Å².